The summed E-state index contributed by atoms with van der Waals surface area (Å²) in [5.41, 5.74) is 1.81. The van der Waals surface area contributed by atoms with Crippen LogP contribution in [0.25, 0.3) is 0 Å². The minimum absolute atomic E-state index is 0.147. The van der Waals surface area contributed by atoms with Gasteiger partial charge in [-0.25, -0.2) is 4.39 Å². The van der Waals surface area contributed by atoms with Crippen molar-refractivity contribution in [2.45, 2.75) is 19.5 Å². The van der Waals surface area contributed by atoms with E-state index in [4.69, 9.17) is 0 Å². The molecule has 6 heteroatoms. The van der Waals surface area contributed by atoms with Gasteiger partial charge in [0.25, 0.3) is 0 Å². The average Bonchev–Trinajstić information content (AvgIpc) is 2.90. The monoisotopic (exact) mass is 370 g/mol. The van der Waals surface area contributed by atoms with Crippen LogP contribution in [-0.4, -0.2) is 65.4 Å². The van der Waals surface area contributed by atoms with Crippen molar-refractivity contribution < 1.29 is 9.18 Å². The standard InChI is InChI=1S/C21H27FN4O/c1-24(15-18-6-4-9-23-14-18)17-21(27)26-11-5-10-25(12-13-26)16-19-7-2-3-8-20(19)22/h2-4,6-9,14H,5,10-13,15-17H2,1H3. The second-order valence-electron chi connectivity index (χ2n) is 7.14. The Morgan fingerprint density at radius 2 is 2.00 bits per heavy atom. The number of carbonyl (C=O) groups excluding carboxylic acids is 1. The average molecular weight is 370 g/mol. The molecule has 1 aliphatic rings. The van der Waals surface area contributed by atoms with Gasteiger partial charge in [-0.3, -0.25) is 19.6 Å². The molecule has 144 valence electrons. The third-order valence-corrected chi connectivity index (χ3v) is 4.87. The van der Waals surface area contributed by atoms with E-state index in [0.29, 0.717) is 31.7 Å². The molecule has 1 fully saturated rings. The summed E-state index contributed by atoms with van der Waals surface area (Å²) in [6.07, 6.45) is 4.49. The maximum absolute atomic E-state index is 13.9. The van der Waals surface area contributed by atoms with Gasteiger partial charge in [0, 0.05) is 57.2 Å². The van der Waals surface area contributed by atoms with Gasteiger partial charge in [-0.1, -0.05) is 24.3 Å². The quantitative estimate of drug-likeness (QED) is 0.783. The van der Waals surface area contributed by atoms with Crippen LogP contribution < -0.4 is 0 Å². The molecule has 0 atom stereocenters. The third kappa shape index (κ3) is 5.84. The van der Waals surface area contributed by atoms with Crippen LogP contribution in [-0.2, 0) is 17.9 Å². The number of halogens is 1. The first-order valence-electron chi connectivity index (χ1n) is 9.43. The number of rotatable bonds is 6. The minimum atomic E-state index is -0.160. The van der Waals surface area contributed by atoms with Crippen molar-refractivity contribution in [3.8, 4) is 0 Å². The molecule has 3 rings (SSSR count). The minimum Gasteiger partial charge on any atom is -0.340 e. The van der Waals surface area contributed by atoms with Crippen molar-refractivity contribution in [3.63, 3.8) is 0 Å². The van der Waals surface area contributed by atoms with Gasteiger partial charge < -0.3 is 4.90 Å². The van der Waals surface area contributed by atoms with Crippen molar-refractivity contribution in [2.24, 2.45) is 0 Å². The molecular formula is C21H27FN4O. The molecule has 1 saturated heterocycles. The van der Waals surface area contributed by atoms with Crippen LogP contribution in [0.2, 0.25) is 0 Å². The van der Waals surface area contributed by atoms with Gasteiger partial charge in [-0.05, 0) is 31.2 Å². The lowest BCUT2D eigenvalue weighted by atomic mass is 10.2. The molecule has 0 N–H and O–H groups in total. The summed E-state index contributed by atoms with van der Waals surface area (Å²) in [7, 11) is 1.95. The molecule has 0 saturated carbocycles. The molecule has 0 bridgehead atoms. The van der Waals surface area contributed by atoms with Gasteiger partial charge in [0.05, 0.1) is 6.54 Å². The Kier molecular flexibility index (Phi) is 6.90. The molecule has 1 aromatic carbocycles. The zero-order valence-corrected chi connectivity index (χ0v) is 15.9. The second kappa shape index (κ2) is 9.58. The van der Waals surface area contributed by atoms with Crippen molar-refractivity contribution in [2.75, 3.05) is 39.8 Å². The Labute approximate surface area is 160 Å². The third-order valence-electron chi connectivity index (χ3n) is 4.87. The number of likely N-dealkylation sites (N-methyl/N-ethyl adjacent to an activating group) is 1. The number of nitrogens with zero attached hydrogens (tertiary/aromatic N) is 4. The van der Waals surface area contributed by atoms with Crippen molar-refractivity contribution in [1.82, 2.24) is 19.7 Å². The lowest BCUT2D eigenvalue weighted by Gasteiger charge is -2.24. The summed E-state index contributed by atoms with van der Waals surface area (Å²) in [5.74, 6) is -0.0131. The normalized spacial score (nSPS) is 15.7. The zero-order chi connectivity index (χ0) is 19.1. The number of aromatic nitrogens is 1. The van der Waals surface area contributed by atoms with E-state index in [1.54, 1.807) is 12.3 Å². The Bertz CT molecular complexity index is 740. The largest absolute Gasteiger partial charge is 0.340 e. The maximum atomic E-state index is 13.9. The summed E-state index contributed by atoms with van der Waals surface area (Å²) < 4.78 is 13.9. The van der Waals surface area contributed by atoms with E-state index >= 15 is 0 Å². The maximum Gasteiger partial charge on any atom is 0.236 e. The Hall–Kier alpha value is -2.31. The predicted octanol–water partition coefficient (Wildman–Crippen LogP) is 2.39. The molecule has 27 heavy (non-hydrogen) atoms. The SMILES string of the molecule is CN(CC(=O)N1CCCN(Cc2ccccc2F)CC1)Cc1cccnc1. The molecule has 2 heterocycles. The second-order valence-corrected chi connectivity index (χ2v) is 7.14. The van der Waals surface area contributed by atoms with E-state index in [9.17, 15) is 9.18 Å². The highest BCUT2D eigenvalue weighted by Crippen LogP contribution is 2.12. The highest BCUT2D eigenvalue weighted by molar-refractivity contribution is 5.78. The predicted molar refractivity (Wildman–Crippen MR) is 103 cm³/mol. The Morgan fingerprint density at radius 3 is 2.78 bits per heavy atom. The zero-order valence-electron chi connectivity index (χ0n) is 15.9. The van der Waals surface area contributed by atoms with Crippen molar-refractivity contribution >= 4 is 5.91 Å². The van der Waals surface area contributed by atoms with E-state index in [0.717, 1.165) is 31.6 Å². The van der Waals surface area contributed by atoms with Crippen LogP contribution in [0.4, 0.5) is 4.39 Å². The molecule has 2 aromatic rings. The van der Waals surface area contributed by atoms with Crippen LogP contribution in [0.1, 0.15) is 17.5 Å². The number of pyridine rings is 1. The van der Waals surface area contributed by atoms with Crippen LogP contribution >= 0.6 is 0 Å². The van der Waals surface area contributed by atoms with Gasteiger partial charge in [0.1, 0.15) is 5.82 Å². The molecule has 1 amide bonds. The Balaban J connectivity index is 1.48. The van der Waals surface area contributed by atoms with Gasteiger partial charge in [0.15, 0.2) is 0 Å². The fraction of sp³-hybridized carbons (Fsp3) is 0.429. The first-order valence-corrected chi connectivity index (χ1v) is 9.43. The summed E-state index contributed by atoms with van der Waals surface area (Å²) in [6, 6.07) is 10.8. The molecule has 5 nitrogen and oxygen atoms in total. The van der Waals surface area contributed by atoms with Gasteiger partial charge in [-0.2, -0.15) is 0 Å². The molecule has 0 unspecified atom stereocenters. The van der Waals surface area contributed by atoms with Crippen molar-refractivity contribution in [3.05, 3.63) is 65.7 Å². The van der Waals surface area contributed by atoms with E-state index in [1.165, 1.54) is 6.07 Å². The molecule has 1 aromatic heterocycles. The summed E-state index contributed by atoms with van der Waals surface area (Å²) in [6.45, 7) is 4.78. The fourth-order valence-electron chi connectivity index (χ4n) is 3.44. The van der Waals surface area contributed by atoms with E-state index < -0.39 is 0 Å². The summed E-state index contributed by atoms with van der Waals surface area (Å²) >= 11 is 0. The number of hydrogen-bond acceptors (Lipinski definition) is 4. The number of benzene rings is 1. The Morgan fingerprint density at radius 1 is 1.15 bits per heavy atom. The van der Waals surface area contributed by atoms with Gasteiger partial charge in [0.2, 0.25) is 5.91 Å². The first-order chi connectivity index (χ1) is 13.1. The number of carbonyl (C=O) groups is 1. The smallest absolute Gasteiger partial charge is 0.236 e. The summed E-state index contributed by atoms with van der Waals surface area (Å²) in [4.78, 5) is 22.9. The molecule has 0 spiro atoms. The van der Waals surface area contributed by atoms with Crippen LogP contribution in [0.15, 0.2) is 48.8 Å². The van der Waals surface area contributed by atoms with Crippen LogP contribution in [0.3, 0.4) is 0 Å². The molecular weight excluding hydrogens is 343 g/mol. The number of hydrogen-bond donors (Lipinski definition) is 0. The molecule has 0 radical (unpaired) electrons. The lowest BCUT2D eigenvalue weighted by Crippen LogP contribution is -2.40. The van der Waals surface area contributed by atoms with Crippen LogP contribution in [0, 0.1) is 5.82 Å². The highest BCUT2D eigenvalue weighted by atomic mass is 19.1. The molecule has 1 aliphatic heterocycles. The number of amides is 1. The van der Waals surface area contributed by atoms with E-state index in [1.807, 2.05) is 47.3 Å². The van der Waals surface area contributed by atoms with E-state index in [2.05, 4.69) is 9.88 Å². The van der Waals surface area contributed by atoms with Gasteiger partial charge >= 0.3 is 0 Å². The topological polar surface area (TPSA) is 39.7 Å². The van der Waals surface area contributed by atoms with E-state index in [-0.39, 0.29) is 11.7 Å². The lowest BCUT2D eigenvalue weighted by molar-refractivity contribution is -0.132. The highest BCUT2D eigenvalue weighted by Gasteiger charge is 2.20. The first kappa shape index (κ1) is 19.5. The fourth-order valence-corrected chi connectivity index (χ4v) is 3.44. The molecule has 0 aliphatic carbocycles. The van der Waals surface area contributed by atoms with Gasteiger partial charge in [-0.15, -0.1) is 0 Å². The van der Waals surface area contributed by atoms with Crippen LogP contribution in [0.5, 0.6) is 0 Å². The summed E-state index contributed by atoms with van der Waals surface area (Å²) in [5, 5.41) is 0. The van der Waals surface area contributed by atoms with Crippen molar-refractivity contribution in [1.29, 1.82) is 0 Å².